The summed E-state index contributed by atoms with van der Waals surface area (Å²) in [4.78, 5) is 10.8. The number of fused-ring (bicyclic) bond motifs is 1. The number of benzene rings is 1. The Morgan fingerprint density at radius 3 is 2.70 bits per heavy atom. The number of rotatable bonds is 7. The van der Waals surface area contributed by atoms with Gasteiger partial charge in [0.05, 0.1) is 18.7 Å². The number of ether oxygens (including phenoxy) is 1. The molecule has 1 aromatic carbocycles. The Morgan fingerprint density at radius 1 is 1.17 bits per heavy atom. The number of unbranched alkanes of at least 4 members (excludes halogenated alkanes) is 3. The fourth-order valence-electron chi connectivity index (χ4n) is 3.69. The number of hydrogen-bond donors (Lipinski definition) is 1. The highest BCUT2D eigenvalue weighted by Gasteiger charge is 2.29. The van der Waals surface area contributed by atoms with Gasteiger partial charge in [-0.25, -0.2) is 0 Å². The lowest BCUT2D eigenvalue weighted by atomic mass is 9.78. The molecule has 0 fully saturated rings. The Labute approximate surface area is 178 Å². The van der Waals surface area contributed by atoms with E-state index in [4.69, 9.17) is 9.84 Å². The molecule has 3 rings (SSSR count). The first kappa shape index (κ1) is 21.8. The Bertz CT molecular complexity index is 953. The molecule has 0 amide bonds. The van der Waals surface area contributed by atoms with E-state index >= 15 is 0 Å². The molecule has 0 unspecified atom stereocenters. The van der Waals surface area contributed by atoms with Crippen molar-refractivity contribution in [3.05, 3.63) is 52.3 Å². The first-order chi connectivity index (χ1) is 14.4. The molecule has 1 aromatic heterocycles. The molecule has 0 saturated heterocycles. The quantitative estimate of drug-likeness (QED) is 0.534. The van der Waals surface area contributed by atoms with Crippen LogP contribution in [0.5, 0.6) is 5.75 Å². The van der Waals surface area contributed by atoms with Crippen LogP contribution in [0.1, 0.15) is 81.0 Å². The van der Waals surface area contributed by atoms with Gasteiger partial charge in [0.2, 0.25) is 0 Å². The summed E-state index contributed by atoms with van der Waals surface area (Å²) in [7, 11) is 0. The van der Waals surface area contributed by atoms with Crippen molar-refractivity contribution in [2.75, 3.05) is 6.61 Å². The molecule has 0 saturated carbocycles. The van der Waals surface area contributed by atoms with Crippen LogP contribution in [-0.4, -0.2) is 27.9 Å². The molecule has 5 nitrogen and oxygen atoms in total. The topological polar surface area (TPSA) is 72.3 Å². The van der Waals surface area contributed by atoms with E-state index in [1.54, 1.807) is 12.1 Å². The standard InChI is InChI=1S/C25H30N2O3/c1-4-5-6-7-8-18-16-23-22(25(2,3)13-14-30-23)15-19(18)9-10-20-11-12-21(27-26-20)17-24(28)29/h11-12,15-16H,4-8,13-14,17H2,1-3H3,(H,28,29). The number of nitrogens with zero attached hydrogens (tertiary/aromatic N) is 2. The molecule has 2 aromatic rings. The lowest BCUT2D eigenvalue weighted by molar-refractivity contribution is -0.136. The van der Waals surface area contributed by atoms with Crippen molar-refractivity contribution in [1.29, 1.82) is 0 Å². The number of aliphatic carboxylic acids is 1. The van der Waals surface area contributed by atoms with E-state index in [2.05, 4.69) is 54.9 Å². The van der Waals surface area contributed by atoms with Crippen molar-refractivity contribution in [2.24, 2.45) is 0 Å². The van der Waals surface area contributed by atoms with E-state index in [0.717, 1.165) is 37.2 Å². The predicted octanol–water partition coefficient (Wildman–Crippen LogP) is 4.69. The summed E-state index contributed by atoms with van der Waals surface area (Å²) in [6, 6.07) is 7.75. The van der Waals surface area contributed by atoms with Crippen LogP contribution in [0.15, 0.2) is 24.3 Å². The van der Waals surface area contributed by atoms with Crippen LogP contribution >= 0.6 is 0 Å². The SMILES string of the molecule is CCCCCCc1cc2c(cc1C#Cc1ccc(CC(=O)O)nn1)C(C)(C)CCO2. The largest absolute Gasteiger partial charge is 0.493 e. The highest BCUT2D eigenvalue weighted by Crippen LogP contribution is 2.40. The summed E-state index contributed by atoms with van der Waals surface area (Å²) < 4.78 is 5.97. The lowest BCUT2D eigenvalue weighted by Gasteiger charge is -2.33. The van der Waals surface area contributed by atoms with E-state index in [9.17, 15) is 4.79 Å². The van der Waals surface area contributed by atoms with Gasteiger partial charge in [0.1, 0.15) is 11.4 Å². The summed E-state index contributed by atoms with van der Waals surface area (Å²) in [5, 5.41) is 16.9. The number of carbonyl (C=O) groups is 1. The maximum absolute atomic E-state index is 10.8. The van der Waals surface area contributed by atoms with Crippen LogP contribution in [0.2, 0.25) is 0 Å². The normalized spacial score (nSPS) is 14.2. The lowest BCUT2D eigenvalue weighted by Crippen LogP contribution is -2.27. The van der Waals surface area contributed by atoms with Crippen molar-refractivity contribution in [3.63, 3.8) is 0 Å². The Kier molecular flexibility index (Phi) is 7.10. The highest BCUT2D eigenvalue weighted by molar-refractivity contribution is 5.69. The minimum Gasteiger partial charge on any atom is -0.493 e. The molecule has 0 aliphatic carbocycles. The van der Waals surface area contributed by atoms with Gasteiger partial charge in [-0.3, -0.25) is 4.79 Å². The molecule has 1 N–H and O–H groups in total. The zero-order valence-corrected chi connectivity index (χ0v) is 18.1. The van der Waals surface area contributed by atoms with Gasteiger partial charge in [-0.1, -0.05) is 46.0 Å². The van der Waals surface area contributed by atoms with E-state index in [-0.39, 0.29) is 11.8 Å². The highest BCUT2D eigenvalue weighted by atomic mass is 16.5. The van der Waals surface area contributed by atoms with Gasteiger partial charge in [0.15, 0.2) is 0 Å². The average Bonchev–Trinajstić information content (AvgIpc) is 2.70. The summed E-state index contributed by atoms with van der Waals surface area (Å²) in [5.74, 6) is 6.46. The first-order valence-corrected chi connectivity index (χ1v) is 10.8. The molecule has 5 heteroatoms. The van der Waals surface area contributed by atoms with Crippen LogP contribution in [0.4, 0.5) is 0 Å². The molecule has 2 heterocycles. The van der Waals surface area contributed by atoms with Crippen LogP contribution in [0.3, 0.4) is 0 Å². The van der Waals surface area contributed by atoms with Gasteiger partial charge >= 0.3 is 5.97 Å². The number of carboxylic acids is 1. The second kappa shape index (κ2) is 9.75. The second-order valence-corrected chi connectivity index (χ2v) is 8.53. The van der Waals surface area contributed by atoms with E-state index in [1.807, 2.05) is 0 Å². The zero-order chi connectivity index (χ0) is 21.6. The van der Waals surface area contributed by atoms with E-state index in [1.165, 1.54) is 30.4 Å². The van der Waals surface area contributed by atoms with Crippen LogP contribution in [0, 0.1) is 11.8 Å². The second-order valence-electron chi connectivity index (χ2n) is 8.53. The molecule has 1 aliphatic heterocycles. The minimum absolute atomic E-state index is 0.0586. The van der Waals surface area contributed by atoms with Crippen molar-refractivity contribution < 1.29 is 14.6 Å². The van der Waals surface area contributed by atoms with Crippen LogP contribution in [-0.2, 0) is 23.1 Å². The van der Waals surface area contributed by atoms with Crippen molar-refractivity contribution in [1.82, 2.24) is 10.2 Å². The summed E-state index contributed by atoms with van der Waals surface area (Å²) >= 11 is 0. The van der Waals surface area contributed by atoms with Gasteiger partial charge in [-0.2, -0.15) is 5.10 Å². The van der Waals surface area contributed by atoms with Gasteiger partial charge in [-0.15, -0.1) is 5.10 Å². The minimum atomic E-state index is -0.922. The molecular weight excluding hydrogens is 376 g/mol. The third kappa shape index (κ3) is 5.60. The molecule has 30 heavy (non-hydrogen) atoms. The Morgan fingerprint density at radius 2 is 2.00 bits per heavy atom. The van der Waals surface area contributed by atoms with Gasteiger partial charge in [0, 0.05) is 11.1 Å². The van der Waals surface area contributed by atoms with Crippen molar-refractivity contribution in [2.45, 2.75) is 71.1 Å². The van der Waals surface area contributed by atoms with Crippen molar-refractivity contribution in [3.8, 4) is 17.6 Å². The number of aryl methyl sites for hydroxylation is 1. The van der Waals surface area contributed by atoms with Gasteiger partial charge in [0.25, 0.3) is 0 Å². The monoisotopic (exact) mass is 406 g/mol. The molecule has 0 radical (unpaired) electrons. The van der Waals surface area contributed by atoms with Gasteiger partial charge in [-0.05, 0) is 60.4 Å². The molecule has 0 atom stereocenters. The van der Waals surface area contributed by atoms with Crippen LogP contribution in [0.25, 0.3) is 0 Å². The van der Waals surface area contributed by atoms with E-state index in [0.29, 0.717) is 11.4 Å². The summed E-state index contributed by atoms with van der Waals surface area (Å²) in [6.07, 6.45) is 6.63. The Hall–Kier alpha value is -2.87. The maximum Gasteiger partial charge on any atom is 0.309 e. The summed E-state index contributed by atoms with van der Waals surface area (Å²) in [6.45, 7) is 7.46. The number of carboxylic acid groups (broad SMARTS) is 1. The van der Waals surface area contributed by atoms with Crippen molar-refractivity contribution >= 4 is 5.97 Å². The number of hydrogen-bond acceptors (Lipinski definition) is 4. The fourth-order valence-corrected chi connectivity index (χ4v) is 3.69. The molecule has 158 valence electrons. The summed E-state index contributed by atoms with van der Waals surface area (Å²) in [5.41, 5.74) is 4.46. The van der Waals surface area contributed by atoms with Gasteiger partial charge < -0.3 is 9.84 Å². The Balaban J connectivity index is 1.90. The first-order valence-electron chi connectivity index (χ1n) is 10.8. The third-order valence-electron chi connectivity index (χ3n) is 5.60. The smallest absolute Gasteiger partial charge is 0.309 e. The number of aromatic nitrogens is 2. The maximum atomic E-state index is 10.8. The molecular formula is C25H30N2O3. The third-order valence-corrected chi connectivity index (χ3v) is 5.60. The molecule has 0 spiro atoms. The van der Waals surface area contributed by atoms with E-state index < -0.39 is 5.97 Å². The molecule has 0 bridgehead atoms. The fraction of sp³-hybridized carbons (Fsp3) is 0.480. The van der Waals surface area contributed by atoms with Crippen LogP contribution < -0.4 is 4.74 Å². The zero-order valence-electron chi connectivity index (χ0n) is 18.1. The predicted molar refractivity (Wildman–Crippen MR) is 117 cm³/mol. The molecule has 1 aliphatic rings. The average molecular weight is 407 g/mol.